The summed E-state index contributed by atoms with van der Waals surface area (Å²) in [5, 5.41) is 0.687. The number of ether oxygens (including phenoxy) is 1. The van der Waals surface area contributed by atoms with Crippen molar-refractivity contribution in [2.24, 2.45) is 0 Å². The lowest BCUT2D eigenvalue weighted by molar-refractivity contribution is -0.128. The molecule has 2 aromatic carbocycles. The molecule has 6 nitrogen and oxygen atoms in total. The number of carbonyl (C=O) groups excluding carboxylic acids is 2. The van der Waals surface area contributed by atoms with Crippen LogP contribution in [-0.4, -0.2) is 22.9 Å². The molecule has 1 unspecified atom stereocenters. The number of hydrazine groups is 1. The van der Waals surface area contributed by atoms with Crippen LogP contribution < -0.4 is 15.6 Å². The standard InChI is InChI=1S/C21H19F2N3O3S/c1-12-19(30-18(24-12)11-14-7-9-15(22)10-8-14)21(28)26-25-20(27)13(2)29-17-6-4-3-5-16(17)23/h3-10,13H,11H2,1-2H3,(H,25,27)(H,26,28). The maximum Gasteiger partial charge on any atom is 0.281 e. The Balaban J connectivity index is 1.56. The van der Waals surface area contributed by atoms with Crippen LogP contribution in [0, 0.1) is 18.6 Å². The average molecular weight is 431 g/mol. The SMILES string of the molecule is Cc1nc(Cc2ccc(F)cc2)sc1C(=O)NNC(=O)C(C)Oc1ccccc1F. The number of para-hydroxylation sites is 1. The van der Waals surface area contributed by atoms with E-state index in [-0.39, 0.29) is 11.6 Å². The monoisotopic (exact) mass is 431 g/mol. The van der Waals surface area contributed by atoms with Crippen molar-refractivity contribution in [2.45, 2.75) is 26.4 Å². The summed E-state index contributed by atoms with van der Waals surface area (Å²) in [6.45, 7) is 3.12. The molecule has 0 radical (unpaired) electrons. The zero-order valence-corrected chi connectivity index (χ0v) is 17.1. The van der Waals surface area contributed by atoms with Crippen molar-refractivity contribution in [1.29, 1.82) is 0 Å². The van der Waals surface area contributed by atoms with E-state index >= 15 is 0 Å². The van der Waals surface area contributed by atoms with Gasteiger partial charge in [0.05, 0.1) is 10.7 Å². The van der Waals surface area contributed by atoms with Crippen molar-refractivity contribution < 1.29 is 23.1 Å². The molecule has 1 atom stereocenters. The van der Waals surface area contributed by atoms with Gasteiger partial charge in [0.2, 0.25) is 0 Å². The van der Waals surface area contributed by atoms with Crippen molar-refractivity contribution in [3.05, 3.63) is 81.3 Å². The lowest BCUT2D eigenvalue weighted by atomic mass is 10.1. The average Bonchev–Trinajstić information content (AvgIpc) is 3.09. The number of hydrogen-bond donors (Lipinski definition) is 2. The molecule has 1 heterocycles. The zero-order valence-electron chi connectivity index (χ0n) is 16.2. The van der Waals surface area contributed by atoms with Crippen LogP contribution in [0.25, 0.3) is 0 Å². The second-order valence-electron chi connectivity index (χ2n) is 6.46. The Morgan fingerprint density at radius 1 is 1.10 bits per heavy atom. The van der Waals surface area contributed by atoms with Gasteiger partial charge in [0.25, 0.3) is 11.8 Å². The van der Waals surface area contributed by atoms with Gasteiger partial charge in [-0.1, -0.05) is 24.3 Å². The first kappa shape index (κ1) is 21.4. The maximum absolute atomic E-state index is 13.6. The molecule has 156 valence electrons. The third kappa shape index (κ3) is 5.38. The Morgan fingerprint density at radius 2 is 1.80 bits per heavy atom. The Hall–Kier alpha value is -3.33. The zero-order chi connectivity index (χ0) is 21.7. The van der Waals surface area contributed by atoms with Crippen molar-refractivity contribution in [2.75, 3.05) is 0 Å². The number of rotatable bonds is 6. The highest BCUT2D eigenvalue weighted by Crippen LogP contribution is 2.21. The van der Waals surface area contributed by atoms with E-state index in [1.54, 1.807) is 25.1 Å². The molecule has 0 aliphatic carbocycles. The Kier molecular flexibility index (Phi) is 6.73. The molecular formula is C21H19F2N3O3S. The number of halogens is 2. The van der Waals surface area contributed by atoms with Crippen LogP contribution in [0.3, 0.4) is 0 Å². The third-order valence-electron chi connectivity index (χ3n) is 4.12. The van der Waals surface area contributed by atoms with Gasteiger partial charge in [-0.2, -0.15) is 0 Å². The quantitative estimate of drug-likeness (QED) is 0.585. The Morgan fingerprint density at radius 3 is 2.50 bits per heavy atom. The molecule has 0 aliphatic heterocycles. The number of amides is 2. The van der Waals surface area contributed by atoms with Gasteiger partial charge in [-0.05, 0) is 43.7 Å². The van der Waals surface area contributed by atoms with Crippen molar-refractivity contribution in [1.82, 2.24) is 15.8 Å². The minimum absolute atomic E-state index is 0.0600. The number of nitrogens with one attached hydrogen (secondary N) is 2. The van der Waals surface area contributed by atoms with Gasteiger partial charge < -0.3 is 4.74 Å². The molecular weight excluding hydrogens is 412 g/mol. The van der Waals surface area contributed by atoms with Crippen LogP contribution >= 0.6 is 11.3 Å². The van der Waals surface area contributed by atoms with E-state index in [1.165, 1.54) is 48.6 Å². The molecule has 0 fully saturated rings. The summed E-state index contributed by atoms with van der Waals surface area (Å²) >= 11 is 1.18. The number of carbonyl (C=O) groups is 2. The predicted molar refractivity (Wildman–Crippen MR) is 108 cm³/mol. The largest absolute Gasteiger partial charge is 0.478 e. The van der Waals surface area contributed by atoms with E-state index in [9.17, 15) is 18.4 Å². The fourth-order valence-electron chi connectivity index (χ4n) is 2.58. The summed E-state index contributed by atoms with van der Waals surface area (Å²) in [6, 6.07) is 11.8. The van der Waals surface area contributed by atoms with E-state index in [0.29, 0.717) is 22.0 Å². The van der Waals surface area contributed by atoms with Crippen LogP contribution in [0.2, 0.25) is 0 Å². The lowest BCUT2D eigenvalue weighted by Crippen LogP contribution is -2.47. The van der Waals surface area contributed by atoms with Crippen LogP contribution in [0.4, 0.5) is 8.78 Å². The van der Waals surface area contributed by atoms with Gasteiger partial charge >= 0.3 is 0 Å². The van der Waals surface area contributed by atoms with Crippen molar-refractivity contribution >= 4 is 23.2 Å². The normalized spacial score (nSPS) is 11.6. The highest BCUT2D eigenvalue weighted by atomic mass is 32.1. The number of hydrogen-bond acceptors (Lipinski definition) is 5. The molecule has 3 aromatic rings. The van der Waals surface area contributed by atoms with E-state index in [1.807, 2.05) is 0 Å². The summed E-state index contributed by atoms with van der Waals surface area (Å²) in [5.74, 6) is -2.13. The third-order valence-corrected chi connectivity index (χ3v) is 5.28. The van der Waals surface area contributed by atoms with Gasteiger partial charge in [-0.25, -0.2) is 13.8 Å². The molecule has 0 aliphatic rings. The first-order chi connectivity index (χ1) is 14.3. The highest BCUT2D eigenvalue weighted by Gasteiger charge is 2.20. The molecule has 9 heteroatoms. The second-order valence-corrected chi connectivity index (χ2v) is 7.54. The smallest absolute Gasteiger partial charge is 0.281 e. The van der Waals surface area contributed by atoms with Crippen LogP contribution in [0.5, 0.6) is 5.75 Å². The lowest BCUT2D eigenvalue weighted by Gasteiger charge is -2.15. The van der Waals surface area contributed by atoms with Crippen LogP contribution in [0.1, 0.15) is 32.9 Å². The van der Waals surface area contributed by atoms with Crippen LogP contribution in [-0.2, 0) is 11.2 Å². The fourth-order valence-corrected chi connectivity index (χ4v) is 3.57. The number of aryl methyl sites for hydroxylation is 1. The first-order valence-electron chi connectivity index (χ1n) is 9.05. The van der Waals surface area contributed by atoms with E-state index in [0.717, 1.165) is 5.56 Å². The number of nitrogens with zero attached hydrogens (tertiary/aromatic N) is 1. The topological polar surface area (TPSA) is 80.3 Å². The Labute approximate surface area is 175 Å². The van der Waals surface area contributed by atoms with Gasteiger partial charge in [-0.3, -0.25) is 20.4 Å². The van der Waals surface area contributed by atoms with Crippen molar-refractivity contribution in [3.63, 3.8) is 0 Å². The molecule has 0 bridgehead atoms. The molecule has 1 aromatic heterocycles. The van der Waals surface area contributed by atoms with Gasteiger partial charge in [0, 0.05) is 6.42 Å². The van der Waals surface area contributed by atoms with E-state index < -0.39 is 23.7 Å². The summed E-state index contributed by atoms with van der Waals surface area (Å²) in [7, 11) is 0. The minimum atomic E-state index is -1.03. The van der Waals surface area contributed by atoms with Gasteiger partial charge in [-0.15, -0.1) is 11.3 Å². The van der Waals surface area contributed by atoms with E-state index in [2.05, 4.69) is 15.8 Å². The van der Waals surface area contributed by atoms with Gasteiger partial charge in [0.15, 0.2) is 17.7 Å². The minimum Gasteiger partial charge on any atom is -0.478 e. The Bertz CT molecular complexity index is 1050. The summed E-state index contributed by atoms with van der Waals surface area (Å²) in [5.41, 5.74) is 5.96. The van der Waals surface area contributed by atoms with Crippen molar-refractivity contribution in [3.8, 4) is 5.75 Å². The molecule has 3 rings (SSSR count). The number of aromatic nitrogens is 1. The number of thiazole rings is 1. The molecule has 0 spiro atoms. The number of benzene rings is 2. The summed E-state index contributed by atoms with van der Waals surface area (Å²) < 4.78 is 31.9. The second kappa shape index (κ2) is 9.45. The van der Waals surface area contributed by atoms with E-state index in [4.69, 9.17) is 4.74 Å². The highest BCUT2D eigenvalue weighted by molar-refractivity contribution is 7.13. The molecule has 0 saturated heterocycles. The molecule has 2 N–H and O–H groups in total. The predicted octanol–water partition coefficient (Wildman–Crippen LogP) is 3.55. The molecule has 0 saturated carbocycles. The maximum atomic E-state index is 13.6. The fraction of sp³-hybridized carbons (Fsp3) is 0.190. The molecule has 2 amide bonds. The summed E-state index contributed by atoms with van der Waals surface area (Å²) in [6.07, 6.45) is -0.572. The summed E-state index contributed by atoms with van der Waals surface area (Å²) in [4.78, 5) is 29.3. The van der Waals surface area contributed by atoms with Crippen LogP contribution in [0.15, 0.2) is 48.5 Å². The first-order valence-corrected chi connectivity index (χ1v) is 9.87. The molecule has 30 heavy (non-hydrogen) atoms. The van der Waals surface area contributed by atoms with Gasteiger partial charge in [0.1, 0.15) is 10.7 Å².